The number of hydrogen-bond donors (Lipinski definition) is 1. The van der Waals surface area contributed by atoms with Gasteiger partial charge in [-0.25, -0.2) is 23.4 Å². The monoisotopic (exact) mass is 815 g/mol. The zero-order valence-corrected chi connectivity index (χ0v) is 34.6. The van der Waals surface area contributed by atoms with Crippen LogP contribution in [0.1, 0.15) is 83.9 Å². The number of likely N-dealkylation sites (N-methyl/N-ethyl adjacent to an activating group) is 1. The van der Waals surface area contributed by atoms with Gasteiger partial charge in [-0.2, -0.15) is 10.2 Å². The van der Waals surface area contributed by atoms with Gasteiger partial charge in [-0.1, -0.05) is 0 Å². The predicted octanol–water partition coefficient (Wildman–Crippen LogP) is 7.31. The van der Waals surface area contributed by atoms with Gasteiger partial charge < -0.3 is 28.9 Å². The molecule has 4 fully saturated rings. The summed E-state index contributed by atoms with van der Waals surface area (Å²) in [5.41, 5.74) is -0.127. The molecule has 1 spiro atoms. The second kappa shape index (κ2) is 13.6. The Labute approximate surface area is 339 Å². The van der Waals surface area contributed by atoms with E-state index in [1.807, 2.05) is 20.8 Å². The Morgan fingerprint density at radius 1 is 1.02 bits per heavy atom. The summed E-state index contributed by atoms with van der Waals surface area (Å²) in [6.07, 6.45) is 3.62. The molecular weight excluding hydrogens is 769 g/mol. The van der Waals surface area contributed by atoms with Gasteiger partial charge in [0, 0.05) is 49.2 Å². The van der Waals surface area contributed by atoms with Crippen LogP contribution in [-0.2, 0) is 27.4 Å². The standard InChI is InChI=1S/C41H47F2N9O5S/c1-39(2,3)56-37(53)48-35-23(13-44)28-31(45-14-26(42)33(28)58-35)27-24-17-55-18-25(24)29-32(30(27)43)46-36(51-19-41(20-51)11-8-12-49(41)7)47-34(29)52-21-9-10-22(52)16-50(15-21)38(54)57-40(4,5)6/h14,21-22H,8-12,15-20H2,1-7H3,(H,48,53). The summed E-state index contributed by atoms with van der Waals surface area (Å²) in [4.78, 5) is 49.3. The lowest BCUT2D eigenvalue weighted by atomic mass is 9.87. The van der Waals surface area contributed by atoms with Crippen molar-refractivity contribution in [1.82, 2.24) is 24.8 Å². The number of carbonyl (C=O) groups excluding carboxylic acids is 2. The minimum absolute atomic E-state index is 0.00730. The van der Waals surface area contributed by atoms with Crippen molar-refractivity contribution in [1.29, 1.82) is 5.26 Å². The maximum absolute atomic E-state index is 17.9. The third-order valence-electron chi connectivity index (χ3n) is 12.0. The van der Waals surface area contributed by atoms with Crippen LogP contribution in [0.2, 0.25) is 0 Å². The summed E-state index contributed by atoms with van der Waals surface area (Å²) < 4.78 is 50.8. The number of likely N-dealkylation sites (tertiary alicyclic amines) is 2. The van der Waals surface area contributed by atoms with E-state index in [1.54, 1.807) is 25.7 Å². The van der Waals surface area contributed by atoms with E-state index in [-0.39, 0.29) is 74.4 Å². The first-order valence-electron chi connectivity index (χ1n) is 19.8. The molecule has 2 atom stereocenters. The van der Waals surface area contributed by atoms with Crippen LogP contribution in [0.5, 0.6) is 0 Å². The molecule has 306 valence electrons. The summed E-state index contributed by atoms with van der Waals surface area (Å²) in [5.74, 6) is -0.406. The SMILES string of the molecule is CN1CCCC12CN(c1nc(N3C4CCC3CN(C(=O)OC(C)(C)C)C4)c3c4c(c(-c5ncc(F)c6sc(NC(=O)OC(C)(C)C)c(C#N)c56)c(F)c3n1)COC4)C2. The first-order chi connectivity index (χ1) is 27.4. The van der Waals surface area contributed by atoms with Gasteiger partial charge >= 0.3 is 12.2 Å². The fourth-order valence-corrected chi connectivity index (χ4v) is 10.5. The third kappa shape index (κ3) is 6.35. The van der Waals surface area contributed by atoms with E-state index < -0.39 is 28.9 Å². The molecular formula is C41H47F2N9O5S. The van der Waals surface area contributed by atoms with Gasteiger partial charge in [-0.05, 0) is 91.9 Å². The molecule has 2 bridgehead atoms. The minimum Gasteiger partial charge on any atom is -0.444 e. The largest absolute Gasteiger partial charge is 0.444 e. The molecule has 5 aliphatic rings. The van der Waals surface area contributed by atoms with Gasteiger partial charge in [-0.3, -0.25) is 15.2 Å². The number of halogens is 2. The number of carbonyl (C=O) groups is 2. The maximum atomic E-state index is 17.9. The Kier molecular flexibility index (Phi) is 9.03. The molecule has 3 aromatic heterocycles. The lowest BCUT2D eigenvalue weighted by Crippen LogP contribution is -2.67. The lowest BCUT2D eigenvalue weighted by Gasteiger charge is -2.52. The molecule has 4 saturated heterocycles. The van der Waals surface area contributed by atoms with Crippen molar-refractivity contribution in [2.75, 3.05) is 54.9 Å². The summed E-state index contributed by atoms with van der Waals surface area (Å²) in [5, 5.41) is 13.7. The second-order valence-electron chi connectivity index (χ2n) is 18.2. The molecule has 0 aliphatic carbocycles. The maximum Gasteiger partial charge on any atom is 0.412 e. The molecule has 14 nitrogen and oxygen atoms in total. The minimum atomic E-state index is -0.825. The summed E-state index contributed by atoms with van der Waals surface area (Å²) in [7, 11) is 2.14. The molecule has 0 radical (unpaired) electrons. The molecule has 1 aromatic carbocycles. The molecule has 17 heteroatoms. The van der Waals surface area contributed by atoms with Crippen molar-refractivity contribution in [2.24, 2.45) is 0 Å². The Balaban J connectivity index is 1.21. The fraction of sp³-hybridized carbons (Fsp3) is 0.561. The van der Waals surface area contributed by atoms with Crippen molar-refractivity contribution in [3.8, 4) is 17.3 Å². The van der Waals surface area contributed by atoms with E-state index in [0.29, 0.717) is 54.5 Å². The van der Waals surface area contributed by atoms with Crippen LogP contribution in [0.4, 0.5) is 35.1 Å². The van der Waals surface area contributed by atoms with Crippen LogP contribution in [-0.4, -0.2) is 106 Å². The number of benzene rings is 1. The first kappa shape index (κ1) is 38.6. The molecule has 2 amide bonds. The highest BCUT2D eigenvalue weighted by molar-refractivity contribution is 7.23. The van der Waals surface area contributed by atoms with E-state index in [2.05, 4.69) is 38.1 Å². The smallest absolute Gasteiger partial charge is 0.412 e. The Morgan fingerprint density at radius 2 is 1.71 bits per heavy atom. The Morgan fingerprint density at radius 3 is 2.34 bits per heavy atom. The van der Waals surface area contributed by atoms with Gasteiger partial charge in [0.15, 0.2) is 11.6 Å². The molecule has 8 heterocycles. The zero-order valence-electron chi connectivity index (χ0n) is 33.8. The molecule has 9 rings (SSSR count). The number of piperazine rings is 1. The Bertz CT molecular complexity index is 2420. The van der Waals surface area contributed by atoms with E-state index in [4.69, 9.17) is 24.2 Å². The highest BCUT2D eigenvalue weighted by Gasteiger charge is 2.50. The van der Waals surface area contributed by atoms with Gasteiger partial charge in [0.25, 0.3) is 0 Å². The molecule has 1 N–H and O–H groups in total. The first-order valence-corrected chi connectivity index (χ1v) is 20.6. The number of fused-ring (bicyclic) bond motifs is 6. The average molecular weight is 816 g/mol. The van der Waals surface area contributed by atoms with E-state index in [1.165, 1.54) is 0 Å². The number of nitriles is 1. The third-order valence-corrected chi connectivity index (χ3v) is 13.1. The molecule has 5 aliphatic heterocycles. The molecule has 2 unspecified atom stereocenters. The average Bonchev–Trinajstić information content (AvgIpc) is 3.90. The van der Waals surface area contributed by atoms with E-state index >= 15 is 8.78 Å². The van der Waals surface area contributed by atoms with Crippen LogP contribution in [0.3, 0.4) is 0 Å². The summed E-state index contributed by atoms with van der Waals surface area (Å²) >= 11 is 0.858. The highest BCUT2D eigenvalue weighted by Crippen LogP contribution is 2.49. The molecule has 0 saturated carbocycles. The van der Waals surface area contributed by atoms with Crippen molar-refractivity contribution in [2.45, 2.75) is 109 Å². The number of ether oxygens (including phenoxy) is 3. The van der Waals surface area contributed by atoms with Crippen molar-refractivity contribution < 1.29 is 32.6 Å². The fourth-order valence-electron chi connectivity index (χ4n) is 9.43. The van der Waals surface area contributed by atoms with Crippen LogP contribution in [0.15, 0.2) is 6.20 Å². The van der Waals surface area contributed by atoms with E-state index in [9.17, 15) is 14.9 Å². The van der Waals surface area contributed by atoms with Crippen molar-refractivity contribution in [3.63, 3.8) is 0 Å². The number of hydrogen-bond acceptors (Lipinski definition) is 13. The Hall–Kier alpha value is -4.92. The van der Waals surface area contributed by atoms with E-state index in [0.717, 1.165) is 49.8 Å². The number of thiophene rings is 1. The van der Waals surface area contributed by atoms with Crippen LogP contribution in [0.25, 0.3) is 32.2 Å². The molecule has 58 heavy (non-hydrogen) atoms. The van der Waals surface area contributed by atoms with Crippen molar-refractivity contribution in [3.05, 3.63) is 34.5 Å². The quantitative estimate of drug-likeness (QED) is 0.220. The summed E-state index contributed by atoms with van der Waals surface area (Å²) in [6.45, 7) is 14.1. The number of pyridine rings is 1. The zero-order chi connectivity index (χ0) is 41.1. The van der Waals surface area contributed by atoms with Crippen LogP contribution in [0, 0.1) is 23.0 Å². The number of anilines is 3. The van der Waals surface area contributed by atoms with Crippen LogP contribution >= 0.6 is 11.3 Å². The molecule has 4 aromatic rings. The predicted molar refractivity (Wildman–Crippen MR) is 215 cm³/mol. The number of amides is 2. The number of nitrogens with zero attached hydrogens (tertiary/aromatic N) is 8. The van der Waals surface area contributed by atoms with Gasteiger partial charge in [0.05, 0.1) is 46.3 Å². The normalized spacial score (nSPS) is 21.5. The number of aromatic nitrogens is 3. The highest BCUT2D eigenvalue weighted by atomic mass is 32.1. The van der Waals surface area contributed by atoms with Gasteiger partial charge in [0.2, 0.25) is 5.95 Å². The topological polar surface area (TPSA) is 149 Å². The second-order valence-corrected chi connectivity index (χ2v) is 19.2. The summed E-state index contributed by atoms with van der Waals surface area (Å²) in [6, 6.07) is 1.91. The van der Waals surface area contributed by atoms with Gasteiger partial charge in [0.1, 0.15) is 33.6 Å². The van der Waals surface area contributed by atoms with Crippen molar-refractivity contribution >= 4 is 61.3 Å². The number of nitrogens with one attached hydrogen (secondary N) is 1. The van der Waals surface area contributed by atoms with Crippen LogP contribution < -0.4 is 15.1 Å². The van der Waals surface area contributed by atoms with Gasteiger partial charge in [-0.15, -0.1) is 11.3 Å². The lowest BCUT2D eigenvalue weighted by molar-refractivity contribution is 0.0209. The number of rotatable bonds is 4.